The minimum Gasteiger partial charge on any atom is -0.248 e. The molecule has 0 aromatic heterocycles. The molecule has 0 aromatic rings. The highest BCUT2D eigenvalue weighted by Gasteiger charge is 2.13. The summed E-state index contributed by atoms with van der Waals surface area (Å²) >= 11 is 6.20. The highest BCUT2D eigenvalue weighted by atomic mass is 33.1. The van der Waals surface area contributed by atoms with Gasteiger partial charge in [-0.15, -0.1) is 11.7 Å². The second-order valence-corrected chi connectivity index (χ2v) is 6.52. The Labute approximate surface area is 109 Å². The van der Waals surface area contributed by atoms with E-state index in [-0.39, 0.29) is 0 Å². The van der Waals surface area contributed by atoms with Crippen LogP contribution in [-0.4, -0.2) is 28.4 Å². The average molecular weight is 268 g/mol. The fourth-order valence-electron chi connectivity index (χ4n) is 1.24. The predicted molar refractivity (Wildman–Crippen MR) is 79.8 cm³/mol. The van der Waals surface area contributed by atoms with Gasteiger partial charge in [0.1, 0.15) is 0 Å². The lowest BCUT2D eigenvalue weighted by Gasteiger charge is -2.27. The van der Waals surface area contributed by atoms with Gasteiger partial charge in [0.15, 0.2) is 0 Å². The summed E-state index contributed by atoms with van der Waals surface area (Å²) in [6.07, 6.45) is 2.51. The molecule has 0 aliphatic heterocycles. The normalized spacial score (nSPS) is 15.6. The summed E-state index contributed by atoms with van der Waals surface area (Å²) in [5, 5.41) is 0. The van der Waals surface area contributed by atoms with E-state index in [2.05, 4.69) is 43.7 Å². The van der Waals surface area contributed by atoms with E-state index in [1.165, 1.54) is 18.6 Å². The molecular formula is C11H25NS3. The average Bonchev–Trinajstić information content (AvgIpc) is 2.26. The van der Waals surface area contributed by atoms with Crippen molar-refractivity contribution in [2.24, 2.45) is 5.92 Å². The highest BCUT2D eigenvalue weighted by Crippen LogP contribution is 2.21. The molecule has 0 rings (SSSR count). The van der Waals surface area contributed by atoms with Crippen molar-refractivity contribution < 1.29 is 0 Å². The monoisotopic (exact) mass is 267 g/mol. The first-order valence-electron chi connectivity index (χ1n) is 5.81. The molecule has 0 aliphatic carbocycles. The Bertz CT molecular complexity index is 144. The van der Waals surface area contributed by atoms with Crippen LogP contribution >= 0.6 is 34.4 Å². The van der Waals surface area contributed by atoms with E-state index in [0.717, 1.165) is 18.2 Å². The fraction of sp³-hybridized carbons (Fsp3) is 1.00. The third kappa shape index (κ3) is 7.83. The van der Waals surface area contributed by atoms with Gasteiger partial charge in [0.2, 0.25) is 0 Å². The topological polar surface area (TPSA) is 3.24 Å². The zero-order chi connectivity index (χ0) is 11.7. The van der Waals surface area contributed by atoms with Crippen molar-refractivity contribution in [3.05, 3.63) is 0 Å². The van der Waals surface area contributed by atoms with Crippen LogP contribution in [-0.2, 0) is 0 Å². The summed E-state index contributed by atoms with van der Waals surface area (Å²) in [5.74, 6) is 3.23. The maximum atomic E-state index is 4.18. The lowest BCUT2D eigenvalue weighted by Crippen LogP contribution is -2.28. The Morgan fingerprint density at radius 1 is 1.27 bits per heavy atom. The number of nitrogens with zero attached hydrogens (tertiary/aromatic N) is 1. The number of thiol groups is 1. The van der Waals surface area contributed by atoms with Gasteiger partial charge in [0.05, 0.1) is 0 Å². The molecule has 1 nitrogen and oxygen atoms in total. The predicted octanol–water partition coefficient (Wildman–Crippen LogP) is 4.36. The van der Waals surface area contributed by atoms with E-state index in [1.807, 2.05) is 11.9 Å². The van der Waals surface area contributed by atoms with Crippen LogP contribution in [0.25, 0.3) is 0 Å². The minimum absolute atomic E-state index is 0.670. The first-order chi connectivity index (χ1) is 7.15. The van der Waals surface area contributed by atoms with Crippen LogP contribution in [0.2, 0.25) is 0 Å². The van der Waals surface area contributed by atoms with E-state index in [4.69, 9.17) is 0 Å². The molecule has 2 atom stereocenters. The second-order valence-electron chi connectivity index (χ2n) is 4.01. The van der Waals surface area contributed by atoms with Crippen molar-refractivity contribution >= 4 is 34.4 Å². The summed E-state index contributed by atoms with van der Waals surface area (Å²) in [4.78, 5) is 0. The molecule has 15 heavy (non-hydrogen) atoms. The van der Waals surface area contributed by atoms with Gasteiger partial charge in [-0.1, -0.05) is 49.9 Å². The van der Waals surface area contributed by atoms with E-state index < -0.39 is 0 Å². The van der Waals surface area contributed by atoms with Crippen LogP contribution in [0.1, 0.15) is 40.5 Å². The van der Waals surface area contributed by atoms with E-state index in [0.29, 0.717) is 6.04 Å². The van der Waals surface area contributed by atoms with Gasteiger partial charge in [-0.05, 0) is 19.3 Å². The van der Waals surface area contributed by atoms with Crippen molar-refractivity contribution in [2.75, 3.05) is 18.1 Å². The molecule has 0 aliphatic rings. The molecule has 0 saturated heterocycles. The van der Waals surface area contributed by atoms with Crippen molar-refractivity contribution in [2.45, 2.75) is 46.6 Å². The van der Waals surface area contributed by atoms with Crippen LogP contribution in [0.3, 0.4) is 0 Å². The Morgan fingerprint density at radius 3 is 2.40 bits per heavy atom. The number of rotatable bonds is 9. The number of hydrogen-bond acceptors (Lipinski definition) is 4. The van der Waals surface area contributed by atoms with Crippen LogP contribution in [0.4, 0.5) is 0 Å². The largest absolute Gasteiger partial charge is 0.248 e. The second kappa shape index (κ2) is 10.2. The maximum absolute atomic E-state index is 4.18. The van der Waals surface area contributed by atoms with Gasteiger partial charge in [-0.2, -0.15) is 0 Å². The van der Waals surface area contributed by atoms with Gasteiger partial charge in [0, 0.05) is 24.1 Å². The van der Waals surface area contributed by atoms with Crippen LogP contribution in [0, 0.1) is 5.92 Å². The van der Waals surface area contributed by atoms with Gasteiger partial charge >= 0.3 is 0 Å². The third-order valence-electron chi connectivity index (χ3n) is 2.65. The van der Waals surface area contributed by atoms with E-state index >= 15 is 0 Å². The molecule has 0 amide bonds. The quantitative estimate of drug-likeness (QED) is 0.376. The van der Waals surface area contributed by atoms with Crippen LogP contribution < -0.4 is 0 Å². The Balaban J connectivity index is 3.79. The summed E-state index contributed by atoms with van der Waals surface area (Å²) in [5.41, 5.74) is 0. The lowest BCUT2D eigenvalue weighted by atomic mass is 10.2. The van der Waals surface area contributed by atoms with Crippen LogP contribution in [0.5, 0.6) is 0 Å². The minimum atomic E-state index is 0.670. The third-order valence-corrected chi connectivity index (χ3v) is 5.29. The van der Waals surface area contributed by atoms with Gasteiger partial charge in [-0.25, -0.2) is 4.31 Å². The lowest BCUT2D eigenvalue weighted by molar-refractivity contribution is 0.381. The van der Waals surface area contributed by atoms with E-state index in [1.54, 1.807) is 10.8 Å². The van der Waals surface area contributed by atoms with Crippen molar-refractivity contribution in [3.63, 3.8) is 0 Å². The molecule has 4 heteroatoms. The molecular weight excluding hydrogens is 242 g/mol. The molecule has 0 heterocycles. The van der Waals surface area contributed by atoms with Crippen LogP contribution in [0.15, 0.2) is 0 Å². The van der Waals surface area contributed by atoms with Crippen molar-refractivity contribution in [3.8, 4) is 0 Å². The molecule has 0 fully saturated rings. The Kier molecular flexibility index (Phi) is 10.9. The first kappa shape index (κ1) is 16.0. The summed E-state index contributed by atoms with van der Waals surface area (Å²) in [6.45, 7) is 10.3. The van der Waals surface area contributed by atoms with Crippen molar-refractivity contribution in [1.29, 1.82) is 0 Å². The molecule has 0 aromatic carbocycles. The fourth-order valence-corrected chi connectivity index (χ4v) is 3.23. The summed E-state index contributed by atoms with van der Waals surface area (Å²) in [6, 6.07) is 0.670. The Hall–Kier alpha value is 1.01. The highest BCUT2D eigenvalue weighted by molar-refractivity contribution is 8.68. The first-order valence-corrected chi connectivity index (χ1v) is 8.79. The molecule has 92 valence electrons. The molecule has 0 bridgehead atoms. The molecule has 0 spiro atoms. The van der Waals surface area contributed by atoms with Gasteiger partial charge < -0.3 is 0 Å². The molecule has 2 unspecified atom stereocenters. The molecule has 0 saturated carbocycles. The zero-order valence-electron chi connectivity index (χ0n) is 10.4. The van der Waals surface area contributed by atoms with Crippen molar-refractivity contribution in [1.82, 2.24) is 4.31 Å². The maximum Gasteiger partial charge on any atom is 0.0182 e. The zero-order valence-corrected chi connectivity index (χ0v) is 12.9. The SMILES string of the molecule is CCC(C)CSN(CC)C(C)CCSS. The standard InChI is InChI=1S/C11H25NS3/c1-5-10(3)9-14-12(6-2)11(4)7-8-15-13/h10-11,13H,5-9H2,1-4H3. The van der Waals surface area contributed by atoms with Gasteiger partial charge in [0.25, 0.3) is 0 Å². The molecule has 0 radical (unpaired) electrons. The molecule has 0 N–H and O–H groups in total. The summed E-state index contributed by atoms with van der Waals surface area (Å²) < 4.78 is 2.51. The number of hydrogen-bond donors (Lipinski definition) is 1. The smallest absolute Gasteiger partial charge is 0.0182 e. The Morgan fingerprint density at radius 2 is 1.93 bits per heavy atom. The van der Waals surface area contributed by atoms with E-state index in [9.17, 15) is 0 Å². The van der Waals surface area contributed by atoms with Gasteiger partial charge in [-0.3, -0.25) is 0 Å². The summed E-state index contributed by atoms with van der Waals surface area (Å²) in [7, 11) is 1.65.